The van der Waals surface area contributed by atoms with Gasteiger partial charge in [-0.1, -0.05) is 18.2 Å². The van der Waals surface area contributed by atoms with Crippen LogP contribution in [-0.4, -0.2) is 23.4 Å². The summed E-state index contributed by atoms with van der Waals surface area (Å²) in [6, 6.07) is 11.1. The molecule has 0 saturated heterocycles. The summed E-state index contributed by atoms with van der Waals surface area (Å²) in [6.45, 7) is 3.00. The first-order valence-electron chi connectivity index (χ1n) is 7.16. The van der Waals surface area contributed by atoms with Crippen molar-refractivity contribution in [2.24, 2.45) is 0 Å². The first kappa shape index (κ1) is 17.1. The van der Waals surface area contributed by atoms with Gasteiger partial charge in [0.25, 0.3) is 11.6 Å². The fraction of sp³-hybridized carbons (Fsp3) is 0.176. The summed E-state index contributed by atoms with van der Waals surface area (Å²) in [5.74, 6) is -1.29. The first-order valence-corrected chi connectivity index (χ1v) is 7.16. The van der Waals surface area contributed by atoms with Crippen molar-refractivity contribution in [3.8, 4) is 0 Å². The van der Waals surface area contributed by atoms with E-state index in [2.05, 4.69) is 5.32 Å². The Morgan fingerprint density at radius 2 is 1.75 bits per heavy atom. The Hall–Kier alpha value is -3.22. The summed E-state index contributed by atoms with van der Waals surface area (Å²) in [4.78, 5) is 34.2. The Morgan fingerprint density at radius 3 is 2.38 bits per heavy atom. The van der Waals surface area contributed by atoms with Crippen LogP contribution in [0.5, 0.6) is 0 Å². The molecular formula is C17H16N2O5. The highest BCUT2D eigenvalue weighted by molar-refractivity contribution is 5.96. The van der Waals surface area contributed by atoms with Gasteiger partial charge in [-0.3, -0.25) is 14.9 Å². The molecule has 7 nitrogen and oxygen atoms in total. The van der Waals surface area contributed by atoms with E-state index in [1.165, 1.54) is 12.1 Å². The zero-order valence-electron chi connectivity index (χ0n) is 13.2. The number of nitro groups is 1. The minimum Gasteiger partial charge on any atom is -0.452 e. The topological polar surface area (TPSA) is 98.5 Å². The molecular weight excluding hydrogens is 312 g/mol. The van der Waals surface area contributed by atoms with Crippen molar-refractivity contribution in [1.82, 2.24) is 0 Å². The van der Waals surface area contributed by atoms with Crippen molar-refractivity contribution >= 4 is 23.3 Å². The number of anilines is 1. The second-order valence-corrected chi connectivity index (χ2v) is 5.20. The Balaban J connectivity index is 2.04. The molecule has 0 aliphatic rings. The second-order valence-electron chi connectivity index (χ2n) is 5.20. The highest BCUT2D eigenvalue weighted by Crippen LogP contribution is 2.27. The van der Waals surface area contributed by atoms with E-state index in [1.54, 1.807) is 44.2 Å². The third kappa shape index (κ3) is 4.16. The van der Waals surface area contributed by atoms with E-state index in [9.17, 15) is 19.7 Å². The average molecular weight is 328 g/mol. The molecule has 0 bridgehead atoms. The van der Waals surface area contributed by atoms with Crippen LogP contribution in [0.3, 0.4) is 0 Å². The Labute approximate surface area is 138 Å². The lowest BCUT2D eigenvalue weighted by Gasteiger charge is -2.09. The number of esters is 1. The lowest BCUT2D eigenvalue weighted by atomic mass is 10.1. The molecule has 0 aliphatic carbocycles. The van der Waals surface area contributed by atoms with Crippen LogP contribution >= 0.6 is 0 Å². The molecule has 0 aromatic heterocycles. The zero-order chi connectivity index (χ0) is 17.7. The normalized spacial score (nSPS) is 10.1. The number of nitrogens with one attached hydrogen (secondary N) is 1. The monoisotopic (exact) mass is 328 g/mol. The number of aryl methyl sites for hydroxylation is 2. The molecule has 0 atom stereocenters. The summed E-state index contributed by atoms with van der Waals surface area (Å²) in [6.07, 6.45) is 0. The van der Waals surface area contributed by atoms with Gasteiger partial charge in [0.15, 0.2) is 6.61 Å². The van der Waals surface area contributed by atoms with Gasteiger partial charge in [-0.25, -0.2) is 4.79 Å². The summed E-state index contributed by atoms with van der Waals surface area (Å²) in [7, 11) is 0. The third-order valence-corrected chi connectivity index (χ3v) is 3.43. The van der Waals surface area contributed by atoms with E-state index in [0.717, 1.165) is 11.1 Å². The minimum absolute atomic E-state index is 0.0730. The maximum Gasteiger partial charge on any atom is 0.338 e. The standard InChI is InChI=1S/C17H16N2O5/c1-11-8-14(15(19(22)23)9-12(11)2)18-16(20)10-24-17(21)13-6-4-3-5-7-13/h3-9H,10H2,1-2H3,(H,18,20). The van der Waals surface area contributed by atoms with E-state index < -0.39 is 23.4 Å². The molecule has 24 heavy (non-hydrogen) atoms. The number of ether oxygens (including phenoxy) is 1. The van der Waals surface area contributed by atoms with Gasteiger partial charge >= 0.3 is 5.97 Å². The van der Waals surface area contributed by atoms with Crippen LogP contribution in [0.2, 0.25) is 0 Å². The average Bonchev–Trinajstić information content (AvgIpc) is 2.56. The quantitative estimate of drug-likeness (QED) is 0.517. The van der Waals surface area contributed by atoms with Gasteiger partial charge in [0.2, 0.25) is 0 Å². The van der Waals surface area contributed by atoms with Crippen molar-refractivity contribution in [3.05, 3.63) is 69.3 Å². The van der Waals surface area contributed by atoms with Crippen molar-refractivity contribution in [2.75, 3.05) is 11.9 Å². The highest BCUT2D eigenvalue weighted by atomic mass is 16.6. The number of hydrogen-bond acceptors (Lipinski definition) is 5. The number of carbonyl (C=O) groups excluding carboxylic acids is 2. The molecule has 0 spiro atoms. The molecule has 0 saturated carbocycles. The molecule has 1 N–H and O–H groups in total. The smallest absolute Gasteiger partial charge is 0.338 e. The summed E-state index contributed by atoms with van der Waals surface area (Å²) in [5.41, 5.74) is 1.74. The molecule has 0 fully saturated rings. The van der Waals surface area contributed by atoms with Crippen LogP contribution in [0.15, 0.2) is 42.5 Å². The van der Waals surface area contributed by atoms with Crippen LogP contribution in [0.25, 0.3) is 0 Å². The molecule has 7 heteroatoms. The van der Waals surface area contributed by atoms with Gasteiger partial charge in [-0.2, -0.15) is 0 Å². The van der Waals surface area contributed by atoms with Crippen LogP contribution in [0, 0.1) is 24.0 Å². The van der Waals surface area contributed by atoms with Crippen molar-refractivity contribution in [1.29, 1.82) is 0 Å². The Morgan fingerprint density at radius 1 is 1.12 bits per heavy atom. The maximum atomic E-state index is 11.9. The number of benzene rings is 2. The van der Waals surface area contributed by atoms with E-state index in [1.807, 2.05) is 0 Å². The second kappa shape index (κ2) is 7.36. The minimum atomic E-state index is -0.648. The molecule has 0 radical (unpaired) electrons. The predicted octanol–water partition coefficient (Wildman–Crippen LogP) is 3.01. The predicted molar refractivity (Wildman–Crippen MR) is 87.9 cm³/mol. The molecule has 0 heterocycles. The van der Waals surface area contributed by atoms with Gasteiger partial charge in [-0.15, -0.1) is 0 Å². The number of rotatable bonds is 5. The van der Waals surface area contributed by atoms with Crippen LogP contribution in [0.1, 0.15) is 21.5 Å². The summed E-state index contributed by atoms with van der Waals surface area (Å²) in [5, 5.41) is 13.5. The molecule has 1 amide bonds. The van der Waals surface area contributed by atoms with Gasteiger partial charge < -0.3 is 10.1 Å². The fourth-order valence-corrected chi connectivity index (χ4v) is 2.03. The molecule has 2 aromatic carbocycles. The molecule has 0 unspecified atom stereocenters. The fourth-order valence-electron chi connectivity index (χ4n) is 2.03. The molecule has 124 valence electrons. The SMILES string of the molecule is Cc1cc(NC(=O)COC(=O)c2ccccc2)c([N+](=O)[O-])cc1C. The maximum absolute atomic E-state index is 11.9. The van der Waals surface area contributed by atoms with E-state index in [-0.39, 0.29) is 11.4 Å². The van der Waals surface area contributed by atoms with Gasteiger partial charge in [0.05, 0.1) is 10.5 Å². The highest BCUT2D eigenvalue weighted by Gasteiger charge is 2.18. The van der Waals surface area contributed by atoms with Crippen LogP contribution in [0.4, 0.5) is 11.4 Å². The number of hydrogen-bond donors (Lipinski definition) is 1. The number of nitro benzene ring substituents is 1. The lowest BCUT2D eigenvalue weighted by molar-refractivity contribution is -0.384. The van der Waals surface area contributed by atoms with Crippen molar-refractivity contribution in [3.63, 3.8) is 0 Å². The van der Waals surface area contributed by atoms with Gasteiger partial charge in [0.1, 0.15) is 5.69 Å². The molecule has 0 aliphatic heterocycles. The van der Waals surface area contributed by atoms with E-state index in [0.29, 0.717) is 5.56 Å². The Bertz CT molecular complexity index is 787. The van der Waals surface area contributed by atoms with E-state index >= 15 is 0 Å². The zero-order valence-corrected chi connectivity index (χ0v) is 13.2. The van der Waals surface area contributed by atoms with Crippen LogP contribution in [-0.2, 0) is 9.53 Å². The lowest BCUT2D eigenvalue weighted by Crippen LogP contribution is -2.21. The number of nitrogens with zero attached hydrogens (tertiary/aromatic N) is 1. The van der Waals surface area contributed by atoms with Gasteiger partial charge in [-0.05, 0) is 43.2 Å². The number of carbonyl (C=O) groups is 2. The molecule has 2 rings (SSSR count). The number of amides is 1. The van der Waals surface area contributed by atoms with Crippen molar-refractivity contribution in [2.45, 2.75) is 13.8 Å². The largest absolute Gasteiger partial charge is 0.452 e. The van der Waals surface area contributed by atoms with Crippen LogP contribution < -0.4 is 5.32 Å². The van der Waals surface area contributed by atoms with Crippen molar-refractivity contribution < 1.29 is 19.2 Å². The molecule has 2 aromatic rings. The van der Waals surface area contributed by atoms with E-state index in [4.69, 9.17) is 4.74 Å². The van der Waals surface area contributed by atoms with Gasteiger partial charge in [0, 0.05) is 6.07 Å². The third-order valence-electron chi connectivity index (χ3n) is 3.43. The first-order chi connectivity index (χ1) is 11.4. The summed E-state index contributed by atoms with van der Waals surface area (Å²) < 4.78 is 4.90. The summed E-state index contributed by atoms with van der Waals surface area (Å²) >= 11 is 0. The Kier molecular flexibility index (Phi) is 5.26.